The molecule has 0 aliphatic carbocycles. The number of benzene rings is 2. The summed E-state index contributed by atoms with van der Waals surface area (Å²) in [7, 11) is 0. The second-order valence-electron chi connectivity index (χ2n) is 8.28. The molecule has 6 nitrogen and oxygen atoms in total. The number of ether oxygens (including phenoxy) is 1. The van der Waals surface area contributed by atoms with E-state index in [0.717, 1.165) is 17.0 Å². The highest BCUT2D eigenvalue weighted by atomic mass is 19.3. The maximum absolute atomic E-state index is 13.8. The standard InChI is InChI=1S/C23H26F4N2O4/c1-5-28(17-6-8-18(9-7-17)33-21(26)27)20(30)19(29(22(31)32)23(2,3)4)12-14-10-15(24)13-16(25)11-14/h6-11,13,19,21H,5,12H2,1-4H3,(H,31,32)/t19-/m0/s1. The van der Waals surface area contributed by atoms with Crippen molar-refractivity contribution in [2.24, 2.45) is 0 Å². The Hall–Kier alpha value is -3.30. The number of carbonyl (C=O) groups is 2. The van der Waals surface area contributed by atoms with Crippen LogP contribution >= 0.6 is 0 Å². The zero-order valence-corrected chi connectivity index (χ0v) is 18.7. The smallest absolute Gasteiger partial charge is 0.408 e. The van der Waals surface area contributed by atoms with Crippen molar-refractivity contribution >= 4 is 17.7 Å². The summed E-state index contributed by atoms with van der Waals surface area (Å²) in [5.41, 5.74) is -0.594. The molecule has 0 spiro atoms. The molecule has 2 rings (SSSR count). The highest BCUT2D eigenvalue weighted by molar-refractivity contribution is 5.99. The monoisotopic (exact) mass is 470 g/mol. The minimum absolute atomic E-state index is 0.106. The fourth-order valence-electron chi connectivity index (χ4n) is 3.58. The van der Waals surface area contributed by atoms with Gasteiger partial charge in [-0.15, -0.1) is 0 Å². The SMILES string of the molecule is CCN(C(=O)[C@H](Cc1cc(F)cc(F)c1)N(C(=O)O)C(C)(C)C)c1ccc(OC(F)F)cc1. The van der Waals surface area contributed by atoms with Crippen molar-refractivity contribution in [3.05, 3.63) is 59.7 Å². The fraction of sp³-hybridized carbons (Fsp3) is 0.391. The van der Waals surface area contributed by atoms with E-state index in [1.165, 1.54) is 29.2 Å². The normalized spacial score (nSPS) is 12.4. The molecular formula is C23H26F4N2O4. The Labute approximate surface area is 189 Å². The van der Waals surface area contributed by atoms with Gasteiger partial charge in [0.1, 0.15) is 23.4 Å². The van der Waals surface area contributed by atoms with Gasteiger partial charge in [-0.1, -0.05) is 0 Å². The highest BCUT2D eigenvalue weighted by Crippen LogP contribution is 2.26. The molecule has 180 valence electrons. The number of amides is 2. The number of hydrogen-bond donors (Lipinski definition) is 1. The summed E-state index contributed by atoms with van der Waals surface area (Å²) < 4.78 is 56.7. The summed E-state index contributed by atoms with van der Waals surface area (Å²) >= 11 is 0. The summed E-state index contributed by atoms with van der Waals surface area (Å²) in [4.78, 5) is 27.9. The van der Waals surface area contributed by atoms with Crippen molar-refractivity contribution in [1.29, 1.82) is 0 Å². The molecule has 0 bridgehead atoms. The van der Waals surface area contributed by atoms with Crippen LogP contribution in [0.15, 0.2) is 42.5 Å². The van der Waals surface area contributed by atoms with Crippen LogP contribution in [0.4, 0.5) is 28.0 Å². The van der Waals surface area contributed by atoms with Crippen molar-refractivity contribution in [1.82, 2.24) is 4.90 Å². The molecule has 0 unspecified atom stereocenters. The Morgan fingerprint density at radius 2 is 1.58 bits per heavy atom. The number of anilines is 1. The van der Waals surface area contributed by atoms with E-state index in [0.29, 0.717) is 11.8 Å². The lowest BCUT2D eigenvalue weighted by Crippen LogP contribution is -2.58. The summed E-state index contributed by atoms with van der Waals surface area (Å²) in [5, 5.41) is 9.88. The molecule has 2 aromatic rings. The van der Waals surface area contributed by atoms with Crippen LogP contribution in [0.25, 0.3) is 0 Å². The first kappa shape index (κ1) is 26.0. The first-order valence-electron chi connectivity index (χ1n) is 10.2. The summed E-state index contributed by atoms with van der Waals surface area (Å²) in [6.45, 7) is 3.56. The Morgan fingerprint density at radius 1 is 1.03 bits per heavy atom. The van der Waals surface area contributed by atoms with E-state index in [1.807, 2.05) is 0 Å². The predicted octanol–water partition coefficient (Wildman–Crippen LogP) is 5.31. The van der Waals surface area contributed by atoms with Crippen molar-refractivity contribution in [3.63, 3.8) is 0 Å². The Balaban J connectivity index is 2.48. The number of carbonyl (C=O) groups excluding carboxylic acids is 1. The zero-order chi connectivity index (χ0) is 24.9. The van der Waals surface area contributed by atoms with Crippen LogP contribution < -0.4 is 9.64 Å². The van der Waals surface area contributed by atoms with E-state index in [1.54, 1.807) is 27.7 Å². The van der Waals surface area contributed by atoms with E-state index in [-0.39, 0.29) is 24.3 Å². The molecule has 10 heteroatoms. The molecule has 2 amide bonds. The fourth-order valence-corrected chi connectivity index (χ4v) is 3.58. The first-order valence-corrected chi connectivity index (χ1v) is 10.2. The molecule has 1 atom stereocenters. The van der Waals surface area contributed by atoms with Gasteiger partial charge in [0.2, 0.25) is 5.91 Å². The van der Waals surface area contributed by atoms with Gasteiger partial charge in [-0.25, -0.2) is 13.6 Å². The lowest BCUT2D eigenvalue weighted by atomic mass is 9.97. The van der Waals surface area contributed by atoms with Crippen LogP contribution in [-0.2, 0) is 11.2 Å². The van der Waals surface area contributed by atoms with Gasteiger partial charge in [-0.2, -0.15) is 8.78 Å². The Bertz CT molecular complexity index is 957. The maximum atomic E-state index is 13.8. The van der Waals surface area contributed by atoms with Gasteiger partial charge in [0.25, 0.3) is 0 Å². The zero-order valence-electron chi connectivity index (χ0n) is 18.7. The van der Waals surface area contributed by atoms with Crippen LogP contribution in [0, 0.1) is 11.6 Å². The lowest BCUT2D eigenvalue weighted by molar-refractivity contribution is -0.125. The molecule has 0 radical (unpaired) electrons. The van der Waals surface area contributed by atoms with Crippen LogP contribution in [-0.4, -0.2) is 46.7 Å². The van der Waals surface area contributed by atoms with Gasteiger partial charge >= 0.3 is 12.7 Å². The lowest BCUT2D eigenvalue weighted by Gasteiger charge is -2.40. The second kappa shape index (κ2) is 10.5. The molecule has 33 heavy (non-hydrogen) atoms. The number of hydrogen-bond acceptors (Lipinski definition) is 3. The average Bonchev–Trinajstić information content (AvgIpc) is 2.66. The molecule has 0 aliphatic heterocycles. The van der Waals surface area contributed by atoms with Gasteiger partial charge in [-0.3, -0.25) is 9.69 Å². The molecule has 0 aromatic heterocycles. The van der Waals surface area contributed by atoms with Gasteiger partial charge in [0, 0.05) is 30.3 Å². The van der Waals surface area contributed by atoms with Crippen molar-refractivity contribution in [2.45, 2.75) is 52.3 Å². The Kier molecular flexibility index (Phi) is 8.29. The van der Waals surface area contributed by atoms with Gasteiger partial charge in [-0.05, 0) is 69.7 Å². The Morgan fingerprint density at radius 3 is 2.00 bits per heavy atom. The van der Waals surface area contributed by atoms with Crippen molar-refractivity contribution in [2.75, 3.05) is 11.4 Å². The minimum atomic E-state index is -3.01. The van der Waals surface area contributed by atoms with E-state index in [9.17, 15) is 32.3 Å². The third kappa shape index (κ3) is 6.84. The molecule has 0 aliphatic rings. The summed E-state index contributed by atoms with van der Waals surface area (Å²) in [5.74, 6) is -2.44. The number of halogens is 4. The van der Waals surface area contributed by atoms with E-state index in [4.69, 9.17) is 0 Å². The van der Waals surface area contributed by atoms with Crippen LogP contribution in [0.3, 0.4) is 0 Å². The van der Waals surface area contributed by atoms with E-state index < -0.39 is 41.8 Å². The number of carboxylic acid groups (broad SMARTS) is 1. The highest BCUT2D eigenvalue weighted by Gasteiger charge is 2.39. The first-order chi connectivity index (χ1) is 15.3. The number of alkyl halides is 2. The largest absolute Gasteiger partial charge is 0.465 e. The average molecular weight is 470 g/mol. The van der Waals surface area contributed by atoms with E-state index >= 15 is 0 Å². The number of rotatable bonds is 8. The van der Waals surface area contributed by atoms with Gasteiger partial charge in [0.05, 0.1) is 0 Å². The van der Waals surface area contributed by atoms with Gasteiger partial charge < -0.3 is 14.7 Å². The second-order valence-corrected chi connectivity index (χ2v) is 8.28. The number of likely N-dealkylation sites (N-methyl/N-ethyl adjacent to an activating group) is 1. The molecule has 0 heterocycles. The predicted molar refractivity (Wildman–Crippen MR) is 115 cm³/mol. The summed E-state index contributed by atoms with van der Waals surface area (Å²) in [6.07, 6.45) is -1.66. The van der Waals surface area contributed by atoms with Crippen LogP contribution in [0.2, 0.25) is 0 Å². The summed E-state index contributed by atoms with van der Waals surface area (Å²) in [6, 6.07) is 6.74. The molecule has 0 saturated carbocycles. The molecule has 2 aromatic carbocycles. The maximum Gasteiger partial charge on any atom is 0.408 e. The molecule has 0 fully saturated rings. The number of nitrogens with zero attached hydrogens (tertiary/aromatic N) is 2. The van der Waals surface area contributed by atoms with Crippen LogP contribution in [0.5, 0.6) is 5.75 Å². The molecular weight excluding hydrogens is 444 g/mol. The minimum Gasteiger partial charge on any atom is -0.465 e. The van der Waals surface area contributed by atoms with E-state index in [2.05, 4.69) is 4.74 Å². The molecule has 0 saturated heterocycles. The quantitative estimate of drug-likeness (QED) is 0.531. The van der Waals surface area contributed by atoms with Gasteiger partial charge in [0.15, 0.2) is 0 Å². The topological polar surface area (TPSA) is 70.1 Å². The van der Waals surface area contributed by atoms with Crippen LogP contribution in [0.1, 0.15) is 33.3 Å². The third-order valence-corrected chi connectivity index (χ3v) is 4.83. The van der Waals surface area contributed by atoms with Crippen molar-refractivity contribution < 1.29 is 37.0 Å². The van der Waals surface area contributed by atoms with Crippen molar-refractivity contribution in [3.8, 4) is 5.75 Å². The molecule has 1 N–H and O–H groups in total. The third-order valence-electron chi connectivity index (χ3n) is 4.83.